The maximum atomic E-state index is 13.0. The van der Waals surface area contributed by atoms with Gasteiger partial charge in [0, 0.05) is 44.9 Å². The fourth-order valence-corrected chi connectivity index (χ4v) is 11.2. The average Bonchev–Trinajstić information content (AvgIpc) is 3.29. The molecule has 0 aromatic carbocycles. The molecule has 3 unspecified atom stereocenters. The fourth-order valence-electron chi connectivity index (χ4n) is 11.2. The van der Waals surface area contributed by atoms with Gasteiger partial charge in [-0.05, 0) is 31.2 Å². The van der Waals surface area contributed by atoms with Crippen LogP contribution in [0.4, 0.5) is 0 Å². The topological polar surface area (TPSA) is 101 Å². The highest BCUT2D eigenvalue weighted by Crippen LogP contribution is 2.83. The molecule has 3 N–H and O–H groups in total. The molecule has 2 aliphatic heterocycles. The summed E-state index contributed by atoms with van der Waals surface area (Å²) in [5, 5.41) is 37.0. The van der Waals surface area contributed by atoms with Crippen molar-refractivity contribution in [2.24, 2.45) is 28.6 Å². The molecule has 0 amide bonds. The molecule has 5 saturated carbocycles. The Kier molecular flexibility index (Phi) is 3.87. The lowest BCUT2D eigenvalue weighted by atomic mass is 9.41. The molecule has 32 heavy (non-hydrogen) atoms. The number of rotatable bonds is 3. The number of methoxy groups -OCH3 is 2. The molecule has 7 aliphatic rings. The number of nitrogens with zero attached hydrogens (tertiary/aromatic N) is 1. The van der Waals surface area contributed by atoms with Crippen molar-refractivity contribution in [1.29, 1.82) is 0 Å². The minimum atomic E-state index is -1.25. The molecule has 0 aromatic heterocycles. The van der Waals surface area contributed by atoms with Gasteiger partial charge in [0.2, 0.25) is 0 Å². The third-order valence-corrected chi connectivity index (χ3v) is 11.7. The molecule has 5 aliphatic carbocycles. The number of aliphatic hydroxyl groups is 3. The van der Waals surface area contributed by atoms with Gasteiger partial charge in [0.15, 0.2) is 0 Å². The summed E-state index contributed by atoms with van der Waals surface area (Å²) in [4.78, 5) is 2.43. The van der Waals surface area contributed by atoms with E-state index in [9.17, 15) is 15.3 Å². The Balaban J connectivity index is 1.60. The van der Waals surface area contributed by atoms with Crippen LogP contribution in [0, 0.1) is 28.6 Å². The van der Waals surface area contributed by atoms with E-state index in [-0.39, 0.29) is 42.3 Å². The first-order chi connectivity index (χ1) is 15.2. The molecule has 0 aromatic rings. The Morgan fingerprint density at radius 2 is 1.88 bits per heavy atom. The van der Waals surface area contributed by atoms with Crippen LogP contribution in [0.2, 0.25) is 0 Å². The van der Waals surface area contributed by atoms with E-state index in [4.69, 9.17) is 18.9 Å². The Morgan fingerprint density at radius 3 is 2.56 bits per heavy atom. The van der Waals surface area contributed by atoms with Gasteiger partial charge >= 0.3 is 0 Å². The van der Waals surface area contributed by atoms with Gasteiger partial charge in [0.1, 0.15) is 18.0 Å². The molecular weight excluding hydrogens is 414 g/mol. The van der Waals surface area contributed by atoms with Crippen LogP contribution in [-0.2, 0) is 18.9 Å². The molecular formula is C24H37NO7. The molecule has 7 fully saturated rings. The van der Waals surface area contributed by atoms with Gasteiger partial charge in [0.05, 0.1) is 41.5 Å². The number of hydrogen-bond donors (Lipinski definition) is 3. The van der Waals surface area contributed by atoms with Crippen molar-refractivity contribution in [2.75, 3.05) is 34.1 Å². The summed E-state index contributed by atoms with van der Waals surface area (Å²) in [6.45, 7) is 6.13. The lowest BCUT2D eigenvalue weighted by Crippen LogP contribution is -2.85. The highest BCUT2D eigenvalue weighted by molar-refractivity contribution is 5.46. The Bertz CT molecular complexity index is 858. The van der Waals surface area contributed by atoms with E-state index in [1.165, 1.54) is 0 Å². The van der Waals surface area contributed by atoms with Crippen molar-refractivity contribution in [1.82, 2.24) is 4.90 Å². The van der Waals surface area contributed by atoms with E-state index in [0.717, 1.165) is 25.9 Å². The van der Waals surface area contributed by atoms with Gasteiger partial charge in [-0.1, -0.05) is 13.8 Å². The van der Waals surface area contributed by atoms with Crippen molar-refractivity contribution in [3.63, 3.8) is 0 Å². The third-order valence-electron chi connectivity index (χ3n) is 11.7. The number of fused-ring (bicyclic) bond motifs is 1. The lowest BCUT2D eigenvalue weighted by molar-refractivity contribution is -0.331. The highest BCUT2D eigenvalue weighted by atomic mass is 16.7. The van der Waals surface area contributed by atoms with Gasteiger partial charge in [-0.2, -0.15) is 0 Å². The molecule has 180 valence electrons. The standard InChI is InChI=1S/C24H37NO7/c1-5-25-10-20(2)7-6-14(30-4)23-17(20)18(27)24(19(23)25)22(31-11-32-24)9-13(29-3)12-8-21(23,28)16(22)15(12)26/h12-19,26-28H,5-11H2,1-4H3/t12-,13+,14+,15+,16?,17?,18+,19?,20+,21+,22-,23-,24+/m1/s1. The molecule has 2 saturated heterocycles. The Morgan fingerprint density at radius 1 is 1.09 bits per heavy atom. The summed E-state index contributed by atoms with van der Waals surface area (Å²) in [6.07, 6.45) is 0.630. The van der Waals surface area contributed by atoms with Crippen molar-refractivity contribution in [3.8, 4) is 0 Å². The van der Waals surface area contributed by atoms with E-state index in [0.29, 0.717) is 12.8 Å². The largest absolute Gasteiger partial charge is 0.392 e. The van der Waals surface area contributed by atoms with Crippen LogP contribution in [0.1, 0.15) is 39.5 Å². The van der Waals surface area contributed by atoms with Crippen LogP contribution in [-0.4, -0.2) is 102 Å². The predicted molar refractivity (Wildman–Crippen MR) is 112 cm³/mol. The van der Waals surface area contributed by atoms with Crippen molar-refractivity contribution in [2.45, 2.75) is 86.8 Å². The van der Waals surface area contributed by atoms with Gasteiger partial charge in [-0.25, -0.2) is 0 Å². The van der Waals surface area contributed by atoms with Gasteiger partial charge in [0.25, 0.3) is 0 Å². The first-order valence-corrected chi connectivity index (χ1v) is 12.4. The quantitative estimate of drug-likeness (QED) is 0.557. The zero-order valence-corrected chi connectivity index (χ0v) is 19.5. The lowest BCUT2D eigenvalue weighted by Gasteiger charge is -2.71. The maximum absolute atomic E-state index is 13.0. The second kappa shape index (κ2) is 5.90. The predicted octanol–water partition coefficient (Wildman–Crippen LogP) is 0.125. The van der Waals surface area contributed by atoms with Crippen LogP contribution in [0.15, 0.2) is 0 Å². The average molecular weight is 452 g/mol. The van der Waals surface area contributed by atoms with Crippen LogP contribution >= 0.6 is 0 Å². The van der Waals surface area contributed by atoms with Gasteiger partial charge in [-0.3, -0.25) is 4.90 Å². The summed E-state index contributed by atoms with van der Waals surface area (Å²) < 4.78 is 25.2. The third kappa shape index (κ3) is 1.68. The summed E-state index contributed by atoms with van der Waals surface area (Å²) in [6, 6.07) is -0.247. The second-order valence-electron chi connectivity index (χ2n) is 12.1. The molecule has 8 nitrogen and oxygen atoms in total. The molecule has 3 spiro atoms. The molecule has 8 heteroatoms. The van der Waals surface area contributed by atoms with E-state index in [1.807, 2.05) is 0 Å². The Labute approximate surface area is 189 Å². The number of aliphatic hydroxyl groups excluding tert-OH is 2. The summed E-state index contributed by atoms with van der Waals surface area (Å²) in [7, 11) is 3.40. The smallest absolute Gasteiger partial charge is 0.148 e. The number of ether oxygens (including phenoxy) is 4. The highest BCUT2D eigenvalue weighted by Gasteiger charge is 2.96. The van der Waals surface area contributed by atoms with Crippen LogP contribution in [0.3, 0.4) is 0 Å². The normalized spacial score (nSPS) is 66.5. The SMILES string of the molecule is CCN1C[C@]2(C)CC[C@H](OC)[C@]34C2[C@H](O)[C@]2(OCO[C@@]25C[C@H](OC)[C@H]2C[C@]3(O)C5[C@H]2O)C14. The van der Waals surface area contributed by atoms with Crippen molar-refractivity contribution < 1.29 is 34.3 Å². The first kappa shape index (κ1) is 21.0. The number of hydrogen-bond acceptors (Lipinski definition) is 8. The molecule has 2 heterocycles. The van der Waals surface area contributed by atoms with E-state index < -0.39 is 40.3 Å². The molecule has 7 rings (SSSR count). The van der Waals surface area contributed by atoms with E-state index >= 15 is 0 Å². The van der Waals surface area contributed by atoms with Crippen molar-refractivity contribution in [3.05, 3.63) is 0 Å². The van der Waals surface area contributed by atoms with Crippen LogP contribution < -0.4 is 0 Å². The number of likely N-dealkylation sites (N-methyl/N-ethyl adjacent to an activating group) is 1. The summed E-state index contributed by atoms with van der Waals surface area (Å²) in [5.74, 6) is -0.904. The fraction of sp³-hybridized carbons (Fsp3) is 1.00. The van der Waals surface area contributed by atoms with Gasteiger partial charge < -0.3 is 34.3 Å². The first-order valence-electron chi connectivity index (χ1n) is 12.4. The van der Waals surface area contributed by atoms with E-state index in [2.05, 4.69) is 18.7 Å². The maximum Gasteiger partial charge on any atom is 0.148 e. The summed E-state index contributed by atoms with van der Waals surface area (Å²) >= 11 is 0. The minimum absolute atomic E-state index is 0.0582. The number of likely N-dealkylation sites (tertiary alicyclic amines) is 1. The molecule has 0 radical (unpaired) electrons. The Hall–Kier alpha value is -0.320. The minimum Gasteiger partial charge on any atom is -0.392 e. The van der Waals surface area contributed by atoms with Gasteiger partial charge in [-0.15, -0.1) is 0 Å². The number of piperidine rings is 1. The van der Waals surface area contributed by atoms with Crippen LogP contribution in [0.5, 0.6) is 0 Å². The second-order valence-corrected chi connectivity index (χ2v) is 12.1. The summed E-state index contributed by atoms with van der Waals surface area (Å²) in [5.41, 5.74) is -4.21. The molecule has 7 bridgehead atoms. The molecule has 13 atom stereocenters. The van der Waals surface area contributed by atoms with Crippen LogP contribution in [0.25, 0.3) is 0 Å². The zero-order chi connectivity index (χ0) is 22.5. The monoisotopic (exact) mass is 451 g/mol. The van der Waals surface area contributed by atoms with Crippen molar-refractivity contribution >= 4 is 0 Å². The van der Waals surface area contributed by atoms with E-state index in [1.54, 1.807) is 14.2 Å². The zero-order valence-electron chi connectivity index (χ0n) is 19.5.